The zero-order chi connectivity index (χ0) is 20.0. The van der Waals surface area contributed by atoms with Crippen LogP contribution < -0.4 is 20.2 Å². The number of hydrogen-bond acceptors (Lipinski definition) is 5. The molecule has 0 saturated heterocycles. The normalized spacial score (nSPS) is 31.6. The molecule has 1 aromatic carbocycles. The number of nitrogens with zero attached hydrogens (tertiary/aromatic N) is 1. The Kier molecular flexibility index (Phi) is 4.48. The van der Waals surface area contributed by atoms with E-state index in [4.69, 9.17) is 9.47 Å². The van der Waals surface area contributed by atoms with Crippen LogP contribution in [-0.2, 0) is 9.59 Å². The van der Waals surface area contributed by atoms with Crippen molar-refractivity contribution in [1.82, 2.24) is 5.43 Å². The maximum atomic E-state index is 12.9. The van der Waals surface area contributed by atoms with Gasteiger partial charge in [0.25, 0.3) is 0 Å². The van der Waals surface area contributed by atoms with Gasteiger partial charge < -0.3 is 14.8 Å². The second-order valence-electron chi connectivity index (χ2n) is 9.28. The van der Waals surface area contributed by atoms with Gasteiger partial charge >= 0.3 is 0 Å². The molecule has 4 saturated carbocycles. The molecule has 0 aromatic heterocycles. The van der Waals surface area contributed by atoms with Gasteiger partial charge in [-0.05, 0) is 75.3 Å². The van der Waals surface area contributed by atoms with Crippen LogP contribution in [0.1, 0.15) is 51.9 Å². The van der Waals surface area contributed by atoms with Crippen molar-refractivity contribution in [3.05, 3.63) is 18.2 Å². The summed E-state index contributed by atoms with van der Waals surface area (Å²) in [6, 6.07) is 5.28. The Morgan fingerprint density at radius 1 is 1.07 bits per heavy atom. The van der Waals surface area contributed by atoms with Crippen LogP contribution in [0.5, 0.6) is 11.5 Å². The molecule has 4 bridgehead atoms. The van der Waals surface area contributed by atoms with Crippen molar-refractivity contribution in [2.24, 2.45) is 28.3 Å². The van der Waals surface area contributed by atoms with E-state index in [0.717, 1.165) is 19.3 Å². The lowest BCUT2D eigenvalue weighted by Gasteiger charge is -2.55. The Morgan fingerprint density at radius 3 is 2.41 bits per heavy atom. The summed E-state index contributed by atoms with van der Waals surface area (Å²) in [7, 11) is 0. The topological polar surface area (TPSA) is 89.0 Å². The molecule has 0 unspecified atom stereocenters. The van der Waals surface area contributed by atoms with Gasteiger partial charge in [-0.1, -0.05) is 0 Å². The predicted molar refractivity (Wildman–Crippen MR) is 108 cm³/mol. The summed E-state index contributed by atoms with van der Waals surface area (Å²) in [6.07, 6.45) is 7.03. The van der Waals surface area contributed by atoms with Crippen molar-refractivity contribution in [3.63, 3.8) is 0 Å². The molecule has 7 nitrogen and oxygen atoms in total. The molecule has 2 amide bonds. The van der Waals surface area contributed by atoms with Crippen molar-refractivity contribution >= 4 is 23.2 Å². The van der Waals surface area contributed by atoms with Gasteiger partial charge in [0.15, 0.2) is 11.5 Å². The number of rotatable bonds is 5. The maximum absolute atomic E-state index is 12.9. The number of nitrogens with one attached hydrogen (secondary N) is 2. The predicted octanol–water partition coefficient (Wildman–Crippen LogP) is 3.45. The summed E-state index contributed by atoms with van der Waals surface area (Å²) < 4.78 is 10.6. The Balaban J connectivity index is 1.16. The van der Waals surface area contributed by atoms with Crippen LogP contribution in [0.3, 0.4) is 0 Å². The molecule has 4 aliphatic carbocycles. The summed E-state index contributed by atoms with van der Waals surface area (Å²) in [5, 5.41) is 7.06. The molecule has 0 atom stereocenters. The minimum absolute atomic E-state index is 0.0483. The third kappa shape index (κ3) is 3.58. The van der Waals surface area contributed by atoms with Crippen molar-refractivity contribution in [3.8, 4) is 11.5 Å². The van der Waals surface area contributed by atoms with Crippen molar-refractivity contribution < 1.29 is 19.1 Å². The summed E-state index contributed by atoms with van der Waals surface area (Å²) in [5.74, 6) is 3.30. The highest BCUT2D eigenvalue weighted by atomic mass is 16.7. The van der Waals surface area contributed by atoms with Crippen LogP contribution >= 0.6 is 0 Å². The molecule has 154 valence electrons. The second-order valence-corrected chi connectivity index (χ2v) is 9.28. The summed E-state index contributed by atoms with van der Waals surface area (Å²) in [6.45, 7) is 1.96. The van der Waals surface area contributed by atoms with Gasteiger partial charge in [0.1, 0.15) is 0 Å². The zero-order valence-electron chi connectivity index (χ0n) is 16.7. The number of hydrogen-bond donors (Lipinski definition) is 2. The van der Waals surface area contributed by atoms with Gasteiger partial charge in [0, 0.05) is 17.5 Å². The first kappa shape index (κ1) is 18.5. The quantitative estimate of drug-likeness (QED) is 0.588. The van der Waals surface area contributed by atoms with Crippen LogP contribution in [0.2, 0.25) is 0 Å². The van der Waals surface area contributed by atoms with Gasteiger partial charge in [-0.15, -0.1) is 0 Å². The molecule has 29 heavy (non-hydrogen) atoms. The van der Waals surface area contributed by atoms with Gasteiger partial charge in [0.2, 0.25) is 18.6 Å². The smallest absolute Gasteiger partial charge is 0.246 e. The minimum Gasteiger partial charge on any atom is -0.454 e. The Morgan fingerprint density at radius 2 is 1.72 bits per heavy atom. The van der Waals surface area contributed by atoms with E-state index < -0.39 is 0 Å². The first-order valence-electron chi connectivity index (χ1n) is 10.5. The van der Waals surface area contributed by atoms with Crippen molar-refractivity contribution in [2.45, 2.75) is 51.9 Å². The Bertz CT molecular complexity index is 844. The minimum atomic E-state index is -0.229. The molecular formula is C22H27N3O4. The lowest BCUT2D eigenvalue weighted by molar-refractivity contribution is -0.146. The summed E-state index contributed by atoms with van der Waals surface area (Å²) >= 11 is 0. The number of benzene rings is 1. The highest BCUT2D eigenvalue weighted by Crippen LogP contribution is 2.60. The number of fused-ring (bicyclic) bond motifs is 1. The number of ether oxygens (including phenoxy) is 2. The first-order valence-corrected chi connectivity index (χ1v) is 10.5. The summed E-state index contributed by atoms with van der Waals surface area (Å²) in [4.78, 5) is 25.3. The Labute approximate surface area is 170 Å². The molecule has 0 spiro atoms. The molecule has 5 aliphatic rings. The van der Waals surface area contributed by atoms with Crippen molar-refractivity contribution in [2.75, 3.05) is 12.1 Å². The van der Waals surface area contributed by atoms with Crippen LogP contribution in [0, 0.1) is 23.2 Å². The zero-order valence-corrected chi connectivity index (χ0v) is 16.7. The molecule has 1 aromatic rings. The lowest BCUT2D eigenvalue weighted by atomic mass is 9.49. The largest absolute Gasteiger partial charge is 0.454 e. The van der Waals surface area contributed by atoms with Crippen LogP contribution in [0.15, 0.2) is 23.3 Å². The number of anilines is 1. The molecule has 1 aliphatic heterocycles. The fourth-order valence-electron chi connectivity index (χ4n) is 6.10. The van der Waals surface area contributed by atoms with Gasteiger partial charge in [-0.3, -0.25) is 9.59 Å². The second kappa shape index (κ2) is 7.04. The standard InChI is InChI=1S/C22H27N3O4/c1-13(4-20(26)23-17-2-3-18-19(8-17)29-12-28-18)24-25-21(27)22-9-14-5-15(10-22)7-16(6-14)11-22/h2-3,8,14-16H,4-7,9-12H2,1H3,(H,23,26)(H,25,27)/b24-13-. The van der Waals surface area contributed by atoms with Gasteiger partial charge in [0.05, 0.1) is 11.8 Å². The number of amides is 2. The van der Waals surface area contributed by atoms with Crippen LogP contribution in [0.4, 0.5) is 5.69 Å². The molecule has 1 heterocycles. The average Bonchev–Trinajstić information content (AvgIpc) is 3.12. The SMILES string of the molecule is C/C(CC(=O)Nc1ccc2c(c1)OCO2)=N/NC(=O)C12CC3CC(CC(C3)C1)C2. The molecule has 4 fully saturated rings. The van der Waals surface area contributed by atoms with Crippen molar-refractivity contribution in [1.29, 1.82) is 0 Å². The van der Waals surface area contributed by atoms with E-state index >= 15 is 0 Å². The molecule has 2 N–H and O–H groups in total. The monoisotopic (exact) mass is 397 g/mol. The highest BCUT2D eigenvalue weighted by molar-refractivity contribution is 6.05. The number of hydrazone groups is 1. The van der Waals surface area contributed by atoms with E-state index in [1.807, 2.05) is 0 Å². The fraction of sp³-hybridized carbons (Fsp3) is 0.591. The van der Waals surface area contributed by atoms with E-state index in [0.29, 0.717) is 40.7 Å². The average molecular weight is 397 g/mol. The van der Waals surface area contributed by atoms with Gasteiger partial charge in [-0.25, -0.2) is 5.43 Å². The van der Waals surface area contributed by atoms with Crippen LogP contribution in [0.25, 0.3) is 0 Å². The third-order valence-electron chi connectivity index (χ3n) is 6.94. The molecule has 6 rings (SSSR count). The lowest BCUT2D eigenvalue weighted by Crippen LogP contribution is -2.52. The summed E-state index contributed by atoms with van der Waals surface area (Å²) in [5.41, 5.74) is 3.77. The van der Waals surface area contributed by atoms with E-state index in [1.54, 1.807) is 25.1 Å². The first-order chi connectivity index (χ1) is 14.0. The number of carbonyl (C=O) groups excluding carboxylic acids is 2. The van der Waals surface area contributed by atoms with E-state index in [-0.39, 0.29) is 30.4 Å². The van der Waals surface area contributed by atoms with E-state index in [1.165, 1.54) is 19.3 Å². The van der Waals surface area contributed by atoms with E-state index in [9.17, 15) is 9.59 Å². The van der Waals surface area contributed by atoms with E-state index in [2.05, 4.69) is 15.8 Å². The highest BCUT2D eigenvalue weighted by Gasteiger charge is 2.54. The third-order valence-corrected chi connectivity index (χ3v) is 6.94. The molecule has 0 radical (unpaired) electrons. The maximum Gasteiger partial charge on any atom is 0.246 e. The fourth-order valence-corrected chi connectivity index (χ4v) is 6.10. The van der Waals surface area contributed by atoms with Crippen LogP contribution in [-0.4, -0.2) is 24.3 Å². The Hall–Kier alpha value is -2.57. The van der Waals surface area contributed by atoms with Gasteiger partial charge in [-0.2, -0.15) is 5.10 Å². The molecular weight excluding hydrogens is 370 g/mol. The number of carbonyl (C=O) groups is 2. The molecule has 7 heteroatoms.